The molecular formula is C10H9FN2O. The molecule has 0 radical (unpaired) electrons. The van der Waals surface area contributed by atoms with Crippen LogP contribution in [0.2, 0.25) is 0 Å². The Kier molecular flexibility index (Phi) is 2.26. The number of hydrazone groups is 1. The van der Waals surface area contributed by atoms with E-state index >= 15 is 0 Å². The molecule has 72 valence electrons. The van der Waals surface area contributed by atoms with Crippen molar-refractivity contribution in [1.29, 1.82) is 0 Å². The first-order valence-electron chi connectivity index (χ1n) is 4.36. The van der Waals surface area contributed by atoms with Gasteiger partial charge in [-0.2, -0.15) is 0 Å². The highest BCUT2D eigenvalue weighted by atomic mass is 19.1. The van der Waals surface area contributed by atoms with Crippen molar-refractivity contribution in [1.82, 2.24) is 0 Å². The Morgan fingerprint density at radius 1 is 1.43 bits per heavy atom. The third kappa shape index (κ3) is 1.79. The van der Waals surface area contributed by atoms with Crippen LogP contribution >= 0.6 is 0 Å². The summed E-state index contributed by atoms with van der Waals surface area (Å²) in [6.07, 6.45) is 1.95. The molecule has 1 aliphatic heterocycles. The van der Waals surface area contributed by atoms with Gasteiger partial charge >= 0.3 is 0 Å². The quantitative estimate of drug-likeness (QED) is 0.591. The van der Waals surface area contributed by atoms with Crippen LogP contribution in [0.5, 0.6) is 0 Å². The van der Waals surface area contributed by atoms with Gasteiger partial charge in [-0.15, -0.1) is 0 Å². The van der Waals surface area contributed by atoms with E-state index in [-0.39, 0.29) is 11.7 Å². The van der Waals surface area contributed by atoms with Crippen molar-refractivity contribution in [3.8, 4) is 0 Å². The second-order valence-electron chi connectivity index (χ2n) is 3.06. The number of hydrogen-bond donors (Lipinski definition) is 0. The maximum absolute atomic E-state index is 13.2. The molecule has 2 rings (SSSR count). The van der Waals surface area contributed by atoms with Gasteiger partial charge in [-0.05, 0) is 17.2 Å². The SMILES string of the molecule is [O-]C1=N/[N+](=C\c2ccccc2F)CC1. The average molecular weight is 192 g/mol. The minimum absolute atomic E-state index is 0.155. The minimum atomic E-state index is -0.304. The zero-order chi connectivity index (χ0) is 9.97. The van der Waals surface area contributed by atoms with E-state index in [1.165, 1.54) is 10.8 Å². The van der Waals surface area contributed by atoms with Crippen molar-refractivity contribution in [3.05, 3.63) is 35.6 Å². The fraction of sp³-hybridized carbons (Fsp3) is 0.200. The van der Waals surface area contributed by atoms with E-state index in [0.717, 1.165) is 0 Å². The summed E-state index contributed by atoms with van der Waals surface area (Å²) in [6.45, 7) is 0.535. The van der Waals surface area contributed by atoms with Gasteiger partial charge in [0.1, 0.15) is 5.82 Å². The van der Waals surface area contributed by atoms with Gasteiger partial charge in [-0.3, -0.25) is 0 Å². The molecule has 1 aliphatic rings. The molecule has 0 saturated carbocycles. The Balaban J connectivity index is 2.30. The maximum Gasteiger partial charge on any atom is 0.206 e. The molecule has 0 spiro atoms. The van der Waals surface area contributed by atoms with Gasteiger partial charge < -0.3 is 5.11 Å². The second kappa shape index (κ2) is 3.57. The molecule has 0 amide bonds. The van der Waals surface area contributed by atoms with Crippen LogP contribution in [0, 0.1) is 5.82 Å². The molecule has 0 N–H and O–H groups in total. The Hall–Kier alpha value is -1.71. The van der Waals surface area contributed by atoms with Crippen molar-refractivity contribution in [2.24, 2.45) is 5.10 Å². The summed E-state index contributed by atoms with van der Waals surface area (Å²) in [7, 11) is 0. The topological polar surface area (TPSA) is 38.4 Å². The standard InChI is InChI=1S/C10H9FN2O/c11-9-4-2-1-3-8(9)7-13-6-5-10(14)12-13/h1-4,7H,5-6H2/b13-7-. The van der Waals surface area contributed by atoms with Gasteiger partial charge in [0.25, 0.3) is 0 Å². The predicted octanol–water partition coefficient (Wildman–Crippen LogP) is 0.335. The lowest BCUT2D eigenvalue weighted by Gasteiger charge is -1.92. The van der Waals surface area contributed by atoms with Crippen molar-refractivity contribution in [3.63, 3.8) is 0 Å². The summed E-state index contributed by atoms with van der Waals surface area (Å²) in [5, 5.41) is 14.5. The molecule has 14 heavy (non-hydrogen) atoms. The van der Waals surface area contributed by atoms with Gasteiger partial charge in [0.15, 0.2) is 6.54 Å². The van der Waals surface area contributed by atoms with Crippen molar-refractivity contribution >= 4 is 12.1 Å². The van der Waals surface area contributed by atoms with Crippen LogP contribution in [0.1, 0.15) is 12.0 Å². The van der Waals surface area contributed by atoms with Crippen molar-refractivity contribution < 1.29 is 14.2 Å². The molecule has 0 bridgehead atoms. The molecule has 0 aliphatic carbocycles. The molecule has 0 fully saturated rings. The number of halogens is 1. The van der Waals surface area contributed by atoms with Gasteiger partial charge in [-0.1, -0.05) is 16.8 Å². The summed E-state index contributed by atoms with van der Waals surface area (Å²) < 4.78 is 14.6. The Labute approximate surface area is 80.8 Å². The highest BCUT2D eigenvalue weighted by molar-refractivity contribution is 5.77. The fourth-order valence-electron chi connectivity index (χ4n) is 1.29. The summed E-state index contributed by atoms with van der Waals surface area (Å²) >= 11 is 0. The van der Waals surface area contributed by atoms with E-state index in [2.05, 4.69) is 5.10 Å². The number of benzene rings is 1. The summed E-state index contributed by atoms with van der Waals surface area (Å²) in [5.41, 5.74) is 0.450. The van der Waals surface area contributed by atoms with E-state index in [1.54, 1.807) is 24.4 Å². The molecule has 3 nitrogen and oxygen atoms in total. The molecule has 0 aromatic heterocycles. The highest BCUT2D eigenvalue weighted by Gasteiger charge is 2.12. The number of rotatable bonds is 1. The molecule has 0 unspecified atom stereocenters. The van der Waals surface area contributed by atoms with Gasteiger partial charge in [0, 0.05) is 12.3 Å². The smallest absolute Gasteiger partial charge is 0.206 e. The molecule has 1 heterocycles. The van der Waals surface area contributed by atoms with Crippen LogP contribution in [-0.2, 0) is 0 Å². The maximum atomic E-state index is 13.2. The summed E-state index contributed by atoms with van der Waals surface area (Å²) in [4.78, 5) is 0. The predicted molar refractivity (Wildman–Crippen MR) is 48.7 cm³/mol. The van der Waals surface area contributed by atoms with Crippen LogP contribution in [0.15, 0.2) is 29.4 Å². The lowest BCUT2D eigenvalue weighted by Crippen LogP contribution is -2.13. The fourth-order valence-corrected chi connectivity index (χ4v) is 1.29. The first-order chi connectivity index (χ1) is 6.75. The lowest BCUT2D eigenvalue weighted by molar-refractivity contribution is -0.519. The van der Waals surface area contributed by atoms with Crippen LogP contribution < -0.4 is 5.11 Å². The Morgan fingerprint density at radius 3 is 2.86 bits per heavy atom. The highest BCUT2D eigenvalue weighted by Crippen LogP contribution is 2.04. The largest absolute Gasteiger partial charge is 0.857 e. The Morgan fingerprint density at radius 2 is 2.21 bits per heavy atom. The van der Waals surface area contributed by atoms with E-state index in [4.69, 9.17) is 0 Å². The normalized spacial score (nSPS) is 18.6. The van der Waals surface area contributed by atoms with Crippen molar-refractivity contribution in [2.75, 3.05) is 6.54 Å². The number of hydrogen-bond acceptors (Lipinski definition) is 2. The molecule has 1 aromatic rings. The van der Waals surface area contributed by atoms with Gasteiger partial charge in [-0.25, -0.2) is 4.39 Å². The van der Waals surface area contributed by atoms with Crippen LogP contribution in [0.25, 0.3) is 0 Å². The van der Waals surface area contributed by atoms with Gasteiger partial charge in [0.2, 0.25) is 6.21 Å². The minimum Gasteiger partial charge on any atom is -0.857 e. The van der Waals surface area contributed by atoms with Crippen LogP contribution in [-0.4, -0.2) is 23.3 Å². The lowest BCUT2D eigenvalue weighted by atomic mass is 10.2. The average Bonchev–Trinajstić information content (AvgIpc) is 2.56. The molecule has 1 aromatic carbocycles. The molecule has 0 saturated heterocycles. The van der Waals surface area contributed by atoms with Crippen LogP contribution in [0.4, 0.5) is 4.39 Å². The molecular weight excluding hydrogens is 183 g/mol. The first-order valence-corrected chi connectivity index (χ1v) is 4.36. The Bertz CT molecular complexity index is 412. The second-order valence-corrected chi connectivity index (χ2v) is 3.06. The zero-order valence-corrected chi connectivity index (χ0v) is 7.48. The number of nitrogens with zero attached hydrogens (tertiary/aromatic N) is 2. The molecule has 0 atom stereocenters. The van der Waals surface area contributed by atoms with E-state index in [9.17, 15) is 9.50 Å². The first kappa shape index (κ1) is 8.87. The van der Waals surface area contributed by atoms with Gasteiger partial charge in [0.05, 0.1) is 5.56 Å². The van der Waals surface area contributed by atoms with Crippen LogP contribution in [0.3, 0.4) is 0 Å². The third-order valence-corrected chi connectivity index (χ3v) is 1.99. The summed E-state index contributed by atoms with van der Waals surface area (Å²) in [5.74, 6) is -0.459. The van der Waals surface area contributed by atoms with E-state index in [1.807, 2.05) is 0 Å². The van der Waals surface area contributed by atoms with E-state index < -0.39 is 0 Å². The summed E-state index contributed by atoms with van der Waals surface area (Å²) in [6, 6.07) is 6.39. The molecule has 4 heteroatoms. The van der Waals surface area contributed by atoms with E-state index in [0.29, 0.717) is 18.5 Å². The monoisotopic (exact) mass is 192 g/mol. The van der Waals surface area contributed by atoms with Crippen molar-refractivity contribution in [2.45, 2.75) is 6.42 Å². The zero-order valence-electron chi connectivity index (χ0n) is 7.48. The third-order valence-electron chi connectivity index (χ3n) is 1.99.